The monoisotopic (exact) mass is 284 g/mol. The molecule has 0 heterocycles. The summed E-state index contributed by atoms with van der Waals surface area (Å²) in [6.45, 7) is 1.89. The number of anilines is 1. The zero-order valence-electron chi connectivity index (χ0n) is 11.2. The van der Waals surface area contributed by atoms with Crippen molar-refractivity contribution in [2.75, 3.05) is 11.9 Å². The van der Waals surface area contributed by atoms with Crippen LogP contribution in [-0.4, -0.2) is 23.8 Å². The van der Waals surface area contributed by atoms with Gasteiger partial charge >= 0.3 is 6.09 Å². The average molecular weight is 284 g/mol. The van der Waals surface area contributed by atoms with E-state index < -0.39 is 17.2 Å². The standard InChI is InChI=1S/C13H17FN2O4/c1-2-10(14)4-3-9-20-13(17)15-11-5-7-12(8-6-11)16(18)19/h5-8,10H,2-4,9H2,1H3,(H,15,17). The van der Waals surface area contributed by atoms with Crippen molar-refractivity contribution in [2.24, 2.45) is 0 Å². The first-order valence-electron chi connectivity index (χ1n) is 6.35. The van der Waals surface area contributed by atoms with E-state index in [1.165, 1.54) is 24.3 Å². The molecule has 0 aliphatic rings. The number of nitro benzene ring substituents is 1. The number of amides is 1. The minimum atomic E-state index is -0.865. The van der Waals surface area contributed by atoms with Crippen molar-refractivity contribution < 1.29 is 18.8 Å². The molecule has 0 aliphatic heterocycles. The molecule has 1 aromatic rings. The summed E-state index contributed by atoms with van der Waals surface area (Å²) in [5.74, 6) is 0. The Morgan fingerprint density at radius 3 is 2.65 bits per heavy atom. The maximum Gasteiger partial charge on any atom is 0.411 e. The number of nitro groups is 1. The SMILES string of the molecule is CCC(F)CCCOC(=O)Nc1ccc([N+](=O)[O-])cc1. The topological polar surface area (TPSA) is 81.5 Å². The summed E-state index contributed by atoms with van der Waals surface area (Å²) >= 11 is 0. The Bertz CT molecular complexity index is 450. The number of alkyl halides is 1. The van der Waals surface area contributed by atoms with Gasteiger partial charge in [0.05, 0.1) is 17.7 Å². The molecule has 1 amide bonds. The van der Waals surface area contributed by atoms with Gasteiger partial charge < -0.3 is 4.74 Å². The number of rotatable bonds is 7. The first kappa shape index (κ1) is 15.9. The zero-order chi connectivity index (χ0) is 15.0. The summed E-state index contributed by atoms with van der Waals surface area (Å²) in [4.78, 5) is 21.3. The van der Waals surface area contributed by atoms with E-state index in [4.69, 9.17) is 4.74 Å². The van der Waals surface area contributed by atoms with Gasteiger partial charge in [-0.15, -0.1) is 0 Å². The van der Waals surface area contributed by atoms with Crippen molar-refractivity contribution in [3.8, 4) is 0 Å². The summed E-state index contributed by atoms with van der Waals surface area (Å²) in [6, 6.07) is 5.39. The van der Waals surface area contributed by atoms with Gasteiger partial charge in [-0.25, -0.2) is 9.18 Å². The molecule has 1 aromatic carbocycles. The number of carbonyl (C=O) groups is 1. The minimum Gasteiger partial charge on any atom is -0.449 e. The lowest BCUT2D eigenvalue weighted by molar-refractivity contribution is -0.384. The van der Waals surface area contributed by atoms with Crippen LogP contribution in [0.15, 0.2) is 24.3 Å². The lowest BCUT2D eigenvalue weighted by Gasteiger charge is -2.08. The predicted octanol–water partition coefficient (Wildman–Crippen LogP) is 3.67. The number of halogens is 1. The minimum absolute atomic E-state index is 0.0579. The molecule has 110 valence electrons. The zero-order valence-corrected chi connectivity index (χ0v) is 11.2. The highest BCUT2D eigenvalue weighted by Crippen LogP contribution is 2.15. The van der Waals surface area contributed by atoms with Crippen LogP contribution in [0.5, 0.6) is 0 Å². The van der Waals surface area contributed by atoms with Gasteiger partial charge in [0.25, 0.3) is 5.69 Å². The third-order valence-electron chi connectivity index (χ3n) is 2.66. The first-order valence-corrected chi connectivity index (χ1v) is 6.35. The molecule has 1 rings (SSSR count). The van der Waals surface area contributed by atoms with E-state index in [1.807, 2.05) is 0 Å². The van der Waals surface area contributed by atoms with Crippen molar-refractivity contribution in [2.45, 2.75) is 32.4 Å². The van der Waals surface area contributed by atoms with E-state index in [0.29, 0.717) is 24.9 Å². The van der Waals surface area contributed by atoms with Gasteiger partial charge in [-0.1, -0.05) is 6.92 Å². The lowest BCUT2D eigenvalue weighted by atomic mass is 10.2. The number of non-ortho nitro benzene ring substituents is 1. The highest BCUT2D eigenvalue weighted by Gasteiger charge is 2.08. The molecule has 0 fully saturated rings. The molecule has 0 spiro atoms. The van der Waals surface area contributed by atoms with Crippen LogP contribution in [0.2, 0.25) is 0 Å². The Kier molecular flexibility index (Phi) is 6.42. The van der Waals surface area contributed by atoms with E-state index in [0.717, 1.165) is 0 Å². The fourth-order valence-corrected chi connectivity index (χ4v) is 1.49. The van der Waals surface area contributed by atoms with Gasteiger partial charge in [0.1, 0.15) is 0 Å². The molecule has 20 heavy (non-hydrogen) atoms. The summed E-state index contributed by atoms with van der Waals surface area (Å²) in [6.07, 6.45) is -0.249. The third kappa shape index (κ3) is 5.64. The lowest BCUT2D eigenvalue weighted by Crippen LogP contribution is -2.15. The van der Waals surface area contributed by atoms with Crippen LogP contribution in [0, 0.1) is 10.1 Å². The van der Waals surface area contributed by atoms with Crippen LogP contribution in [0.25, 0.3) is 0 Å². The van der Waals surface area contributed by atoms with E-state index in [9.17, 15) is 19.3 Å². The molecule has 1 unspecified atom stereocenters. The summed E-state index contributed by atoms with van der Waals surface area (Å²) in [5.41, 5.74) is 0.343. The van der Waals surface area contributed by atoms with Crippen molar-refractivity contribution in [1.29, 1.82) is 0 Å². The van der Waals surface area contributed by atoms with Gasteiger partial charge in [0, 0.05) is 17.8 Å². The van der Waals surface area contributed by atoms with Crippen LogP contribution in [0.1, 0.15) is 26.2 Å². The largest absolute Gasteiger partial charge is 0.449 e. The Morgan fingerprint density at radius 2 is 2.10 bits per heavy atom. The Labute approximate surface area is 116 Å². The second kappa shape index (κ2) is 8.08. The average Bonchev–Trinajstić information content (AvgIpc) is 2.43. The molecule has 0 radical (unpaired) electrons. The Balaban J connectivity index is 2.30. The van der Waals surface area contributed by atoms with Crippen LogP contribution in [0.4, 0.5) is 20.6 Å². The number of nitrogens with one attached hydrogen (secondary N) is 1. The van der Waals surface area contributed by atoms with Gasteiger partial charge in [0.2, 0.25) is 0 Å². The number of benzene rings is 1. The van der Waals surface area contributed by atoms with Crippen LogP contribution in [-0.2, 0) is 4.74 Å². The fourth-order valence-electron chi connectivity index (χ4n) is 1.49. The van der Waals surface area contributed by atoms with Crippen molar-refractivity contribution in [1.82, 2.24) is 0 Å². The Hall–Kier alpha value is -2.18. The summed E-state index contributed by atoms with van der Waals surface area (Å²) in [5, 5.41) is 12.9. The normalized spacial score (nSPS) is 11.7. The molecular formula is C13H17FN2O4. The molecule has 1 atom stereocenters. The van der Waals surface area contributed by atoms with Gasteiger partial charge in [0.15, 0.2) is 0 Å². The predicted molar refractivity (Wildman–Crippen MR) is 72.5 cm³/mol. The number of ether oxygens (including phenoxy) is 1. The molecule has 0 aromatic heterocycles. The maximum absolute atomic E-state index is 12.9. The highest BCUT2D eigenvalue weighted by molar-refractivity contribution is 5.84. The second-order valence-corrected chi connectivity index (χ2v) is 4.21. The molecular weight excluding hydrogens is 267 g/mol. The number of hydrogen-bond donors (Lipinski definition) is 1. The van der Waals surface area contributed by atoms with Crippen molar-refractivity contribution >= 4 is 17.5 Å². The van der Waals surface area contributed by atoms with Crippen molar-refractivity contribution in [3.63, 3.8) is 0 Å². The first-order chi connectivity index (χ1) is 9.52. The molecule has 0 saturated carbocycles. The van der Waals surface area contributed by atoms with E-state index in [1.54, 1.807) is 6.92 Å². The number of hydrogen-bond acceptors (Lipinski definition) is 4. The van der Waals surface area contributed by atoms with Gasteiger partial charge in [-0.05, 0) is 31.4 Å². The molecule has 0 aliphatic carbocycles. The molecule has 1 N–H and O–H groups in total. The molecule has 0 saturated heterocycles. The second-order valence-electron chi connectivity index (χ2n) is 4.21. The van der Waals surface area contributed by atoms with Crippen LogP contribution >= 0.6 is 0 Å². The van der Waals surface area contributed by atoms with Crippen LogP contribution in [0.3, 0.4) is 0 Å². The highest BCUT2D eigenvalue weighted by atomic mass is 19.1. The van der Waals surface area contributed by atoms with E-state index in [-0.39, 0.29) is 12.3 Å². The summed E-state index contributed by atoms with van der Waals surface area (Å²) in [7, 11) is 0. The van der Waals surface area contributed by atoms with E-state index in [2.05, 4.69) is 5.32 Å². The fraction of sp³-hybridized carbons (Fsp3) is 0.462. The number of carbonyl (C=O) groups excluding carboxylic acids is 1. The molecule has 0 bridgehead atoms. The maximum atomic E-state index is 12.9. The Morgan fingerprint density at radius 1 is 1.45 bits per heavy atom. The third-order valence-corrected chi connectivity index (χ3v) is 2.66. The summed E-state index contributed by atoms with van der Waals surface area (Å²) < 4.78 is 17.8. The van der Waals surface area contributed by atoms with Gasteiger partial charge in [-0.2, -0.15) is 0 Å². The van der Waals surface area contributed by atoms with Crippen molar-refractivity contribution in [3.05, 3.63) is 34.4 Å². The smallest absolute Gasteiger partial charge is 0.411 e. The molecule has 6 nitrogen and oxygen atoms in total. The number of nitrogens with zero attached hydrogens (tertiary/aromatic N) is 1. The molecule has 7 heteroatoms. The van der Waals surface area contributed by atoms with Gasteiger partial charge in [-0.3, -0.25) is 15.4 Å². The van der Waals surface area contributed by atoms with E-state index >= 15 is 0 Å². The quantitative estimate of drug-likeness (QED) is 0.470. The van der Waals surface area contributed by atoms with Crippen LogP contribution < -0.4 is 5.32 Å².